The van der Waals surface area contributed by atoms with Gasteiger partial charge in [-0.15, -0.1) is 0 Å². The van der Waals surface area contributed by atoms with E-state index in [0.717, 1.165) is 25.5 Å². The molecule has 3 unspecified atom stereocenters. The van der Waals surface area contributed by atoms with Crippen LogP contribution in [0.2, 0.25) is 0 Å². The Morgan fingerprint density at radius 2 is 2.20 bits per heavy atom. The van der Waals surface area contributed by atoms with Crippen LogP contribution >= 0.6 is 0 Å². The molecule has 1 amide bonds. The van der Waals surface area contributed by atoms with Gasteiger partial charge in [0.1, 0.15) is 0 Å². The number of halogens is 1. The van der Waals surface area contributed by atoms with E-state index < -0.39 is 29.5 Å². The van der Waals surface area contributed by atoms with Gasteiger partial charge in [0, 0.05) is 12.2 Å². The van der Waals surface area contributed by atoms with Gasteiger partial charge in [0.15, 0.2) is 11.6 Å². The number of aliphatic hydroxyl groups is 1. The number of nitrogens with zero attached hydrogens (tertiary/aromatic N) is 2. The van der Waals surface area contributed by atoms with Crippen molar-refractivity contribution in [2.45, 2.75) is 64.5 Å². The lowest BCUT2D eigenvalue weighted by Crippen LogP contribution is -2.35. The summed E-state index contributed by atoms with van der Waals surface area (Å²) in [6.45, 7) is 4.24. The summed E-state index contributed by atoms with van der Waals surface area (Å²) < 4.78 is 20.3. The molecule has 2 rings (SSSR count). The predicted molar refractivity (Wildman–Crippen MR) is 91.0 cm³/mol. The number of hydrogen-bond donors (Lipinski definition) is 2. The Bertz CT molecular complexity index is 639. The summed E-state index contributed by atoms with van der Waals surface area (Å²) in [7, 11) is 0. The van der Waals surface area contributed by atoms with Crippen LogP contribution in [0.1, 0.15) is 58.4 Å². The lowest BCUT2D eigenvalue weighted by atomic mass is 9.85. The van der Waals surface area contributed by atoms with E-state index in [9.17, 15) is 19.1 Å². The molecule has 7 nitrogen and oxygen atoms in total. The van der Waals surface area contributed by atoms with E-state index in [1.54, 1.807) is 0 Å². The van der Waals surface area contributed by atoms with Crippen LogP contribution in [0.5, 0.6) is 0 Å². The minimum Gasteiger partial charge on any atom is -0.449 e. The second-order valence-corrected chi connectivity index (χ2v) is 6.72. The van der Waals surface area contributed by atoms with E-state index >= 15 is 0 Å². The van der Waals surface area contributed by atoms with Crippen LogP contribution in [0.3, 0.4) is 0 Å². The van der Waals surface area contributed by atoms with Crippen molar-refractivity contribution in [3.8, 4) is 0 Å². The van der Waals surface area contributed by atoms with Crippen molar-refractivity contribution in [1.29, 1.82) is 0 Å². The molecule has 2 N–H and O–H groups in total. The first-order valence-corrected chi connectivity index (χ1v) is 8.81. The minimum atomic E-state index is -0.832. The average molecular weight is 355 g/mol. The number of unbranched alkanes of at least 4 members (excludes halogenated alkanes) is 2. The van der Waals surface area contributed by atoms with Gasteiger partial charge in [-0.2, -0.15) is 4.98 Å². The monoisotopic (exact) mass is 355 g/mol. The van der Waals surface area contributed by atoms with Gasteiger partial charge in [-0.1, -0.05) is 26.7 Å². The smallest absolute Gasteiger partial charge is 0.412 e. The summed E-state index contributed by atoms with van der Waals surface area (Å²) in [4.78, 5) is 27.4. The van der Waals surface area contributed by atoms with E-state index in [4.69, 9.17) is 4.74 Å². The number of aliphatic hydroxyl groups excluding tert-OH is 1. The average Bonchev–Trinajstić information content (AvgIpc) is 2.53. The fourth-order valence-electron chi connectivity index (χ4n) is 3.20. The van der Waals surface area contributed by atoms with Gasteiger partial charge >= 0.3 is 11.8 Å². The summed E-state index contributed by atoms with van der Waals surface area (Å²) in [5.41, 5.74) is -0.658. The normalized spacial score (nSPS) is 23.3. The first-order chi connectivity index (χ1) is 11.9. The minimum absolute atomic E-state index is 0.232. The zero-order chi connectivity index (χ0) is 18.4. The second-order valence-electron chi connectivity index (χ2n) is 6.72. The summed E-state index contributed by atoms with van der Waals surface area (Å²) in [5.74, 6) is -1.01. The number of hydrogen-bond acceptors (Lipinski definition) is 5. The number of aromatic nitrogens is 2. The van der Waals surface area contributed by atoms with Crippen molar-refractivity contribution in [3.05, 3.63) is 22.5 Å². The third-order valence-electron chi connectivity index (χ3n) is 4.39. The van der Waals surface area contributed by atoms with Crippen LogP contribution in [0.15, 0.2) is 11.0 Å². The Kier molecular flexibility index (Phi) is 6.92. The van der Waals surface area contributed by atoms with Gasteiger partial charge in [-0.05, 0) is 31.6 Å². The molecular weight excluding hydrogens is 329 g/mol. The molecule has 140 valence electrons. The first-order valence-electron chi connectivity index (χ1n) is 8.81. The van der Waals surface area contributed by atoms with Gasteiger partial charge in [-0.3, -0.25) is 9.88 Å². The van der Waals surface area contributed by atoms with Crippen molar-refractivity contribution in [3.63, 3.8) is 0 Å². The SMILES string of the molecule is CCCCCOC(=O)Nc1nc(=O)n(C2CC(C)CC(O)C2)cc1F. The highest BCUT2D eigenvalue weighted by molar-refractivity contribution is 5.83. The number of amides is 1. The number of carbonyl (C=O) groups excluding carboxylic acids is 1. The van der Waals surface area contributed by atoms with Crippen LogP contribution in [0.25, 0.3) is 0 Å². The molecule has 1 fully saturated rings. The number of ether oxygens (including phenoxy) is 1. The molecule has 0 bridgehead atoms. The summed E-state index contributed by atoms with van der Waals surface area (Å²) in [5, 5.41) is 12.0. The zero-order valence-corrected chi connectivity index (χ0v) is 14.7. The van der Waals surface area contributed by atoms with Crippen molar-refractivity contribution in [1.82, 2.24) is 9.55 Å². The number of nitrogens with one attached hydrogen (secondary N) is 1. The molecule has 1 aromatic heterocycles. The molecule has 0 aromatic carbocycles. The molecule has 1 aliphatic rings. The van der Waals surface area contributed by atoms with Gasteiger partial charge in [0.2, 0.25) is 0 Å². The quantitative estimate of drug-likeness (QED) is 0.765. The van der Waals surface area contributed by atoms with Crippen LogP contribution in [-0.4, -0.2) is 33.5 Å². The van der Waals surface area contributed by atoms with Gasteiger partial charge < -0.3 is 9.84 Å². The fourth-order valence-corrected chi connectivity index (χ4v) is 3.20. The van der Waals surface area contributed by atoms with E-state index in [-0.39, 0.29) is 18.6 Å². The molecule has 1 saturated carbocycles. The van der Waals surface area contributed by atoms with Gasteiger partial charge in [0.05, 0.1) is 12.7 Å². The second kappa shape index (κ2) is 8.94. The van der Waals surface area contributed by atoms with Crippen molar-refractivity contribution in [2.75, 3.05) is 11.9 Å². The number of anilines is 1. The molecule has 1 aromatic rings. The Morgan fingerprint density at radius 3 is 2.88 bits per heavy atom. The highest BCUT2D eigenvalue weighted by Gasteiger charge is 2.28. The molecule has 25 heavy (non-hydrogen) atoms. The van der Waals surface area contributed by atoms with Crippen LogP contribution in [-0.2, 0) is 4.74 Å². The highest BCUT2D eigenvalue weighted by Crippen LogP contribution is 2.31. The number of carbonyl (C=O) groups is 1. The molecule has 8 heteroatoms. The Morgan fingerprint density at radius 1 is 1.44 bits per heavy atom. The molecule has 0 saturated heterocycles. The summed E-state index contributed by atoms with van der Waals surface area (Å²) in [6.07, 6.45) is 4.07. The molecule has 1 aliphatic carbocycles. The van der Waals surface area contributed by atoms with Crippen molar-refractivity contribution < 1.29 is 19.0 Å². The maximum Gasteiger partial charge on any atom is 0.412 e. The maximum atomic E-state index is 14.2. The van der Waals surface area contributed by atoms with Crippen LogP contribution in [0.4, 0.5) is 15.0 Å². The van der Waals surface area contributed by atoms with Gasteiger partial charge in [-0.25, -0.2) is 14.0 Å². The van der Waals surface area contributed by atoms with Crippen molar-refractivity contribution >= 4 is 11.9 Å². The molecule has 3 atom stereocenters. The zero-order valence-electron chi connectivity index (χ0n) is 14.7. The maximum absolute atomic E-state index is 14.2. The highest BCUT2D eigenvalue weighted by atomic mass is 19.1. The van der Waals surface area contributed by atoms with E-state index in [1.165, 1.54) is 4.57 Å². The molecule has 1 heterocycles. The molecule has 0 radical (unpaired) electrons. The summed E-state index contributed by atoms with van der Waals surface area (Å²) >= 11 is 0. The van der Waals surface area contributed by atoms with E-state index in [1.807, 2.05) is 13.8 Å². The van der Waals surface area contributed by atoms with Crippen molar-refractivity contribution in [2.24, 2.45) is 5.92 Å². The lowest BCUT2D eigenvalue weighted by molar-refractivity contribution is 0.0765. The van der Waals surface area contributed by atoms with Crippen LogP contribution < -0.4 is 11.0 Å². The molecular formula is C17H26FN3O4. The summed E-state index contributed by atoms with van der Waals surface area (Å²) in [6, 6.07) is -0.303. The van der Waals surface area contributed by atoms with E-state index in [0.29, 0.717) is 19.3 Å². The fraction of sp³-hybridized carbons (Fsp3) is 0.706. The van der Waals surface area contributed by atoms with Gasteiger partial charge in [0.25, 0.3) is 0 Å². The first kappa shape index (κ1) is 19.4. The number of rotatable bonds is 6. The Hall–Kier alpha value is -1.96. The Balaban J connectivity index is 2.04. The topological polar surface area (TPSA) is 93.5 Å². The lowest BCUT2D eigenvalue weighted by Gasteiger charge is -2.31. The van der Waals surface area contributed by atoms with Crippen LogP contribution in [0, 0.1) is 11.7 Å². The molecule has 0 aliphatic heterocycles. The third-order valence-corrected chi connectivity index (χ3v) is 4.39. The molecule has 0 spiro atoms. The standard InChI is InChI=1S/C17H26FN3O4/c1-3-4-5-6-25-17(24)20-15-14(18)10-21(16(23)19-15)12-7-11(2)8-13(22)9-12/h10-13,22H,3-9H2,1-2H3,(H,19,20,23,24). The largest absolute Gasteiger partial charge is 0.449 e. The van der Waals surface area contributed by atoms with E-state index in [2.05, 4.69) is 10.3 Å². The third kappa shape index (κ3) is 5.52. The Labute approximate surface area is 146 Å². The predicted octanol–water partition coefficient (Wildman–Crippen LogP) is 2.84.